The molecule has 2 aromatic heterocycles. The van der Waals surface area contributed by atoms with E-state index in [9.17, 15) is 22.4 Å². The number of amides is 1. The zero-order valence-electron chi connectivity index (χ0n) is 19.4. The normalized spacial score (nSPS) is 15.8. The second-order valence-electron chi connectivity index (χ2n) is 8.58. The van der Waals surface area contributed by atoms with Crippen LogP contribution in [0.3, 0.4) is 0 Å². The molecule has 190 valence electrons. The molecule has 0 fully saturated rings. The molecule has 1 aliphatic rings. The smallest absolute Gasteiger partial charge is 0.406 e. The van der Waals surface area contributed by atoms with E-state index in [1.807, 2.05) is 12.1 Å². The maximum atomic E-state index is 14.5. The van der Waals surface area contributed by atoms with Crippen LogP contribution in [0.1, 0.15) is 23.6 Å². The first-order valence-electron chi connectivity index (χ1n) is 11.5. The van der Waals surface area contributed by atoms with Crippen LogP contribution in [0, 0.1) is 5.82 Å². The molecule has 0 bridgehead atoms. The highest BCUT2D eigenvalue weighted by Crippen LogP contribution is 2.35. The lowest BCUT2D eigenvalue weighted by Crippen LogP contribution is -2.42. The minimum absolute atomic E-state index is 0.0743. The molecule has 0 spiro atoms. The van der Waals surface area contributed by atoms with Gasteiger partial charge in [-0.3, -0.25) is 9.78 Å². The predicted molar refractivity (Wildman–Crippen MR) is 126 cm³/mol. The summed E-state index contributed by atoms with van der Waals surface area (Å²) in [6, 6.07) is 13.5. The summed E-state index contributed by atoms with van der Waals surface area (Å²) in [4.78, 5) is 17.8. The fraction of sp³-hybridized carbons (Fsp3) is 0.231. The SMILES string of the molecule is O=C1C(n2cc(-c3ccc(OCc4ccncc4)cc3)nn2)CCc2c(F)cccc2N1CC(F)(F)F. The molecule has 0 radical (unpaired) electrons. The second kappa shape index (κ2) is 10.00. The number of hydrogen-bond acceptors (Lipinski definition) is 5. The summed E-state index contributed by atoms with van der Waals surface area (Å²) in [5.41, 5.74) is 2.09. The molecule has 0 N–H and O–H groups in total. The van der Waals surface area contributed by atoms with E-state index in [1.54, 1.807) is 36.7 Å². The zero-order valence-corrected chi connectivity index (χ0v) is 19.4. The predicted octanol–water partition coefficient (Wildman–Crippen LogP) is 5.14. The van der Waals surface area contributed by atoms with Crippen LogP contribution in [-0.4, -0.2) is 38.6 Å². The van der Waals surface area contributed by atoms with Crippen molar-refractivity contribution < 1.29 is 27.1 Å². The molecule has 1 atom stereocenters. The topological polar surface area (TPSA) is 73.1 Å². The number of rotatable bonds is 6. The average molecular weight is 511 g/mol. The van der Waals surface area contributed by atoms with E-state index >= 15 is 0 Å². The summed E-state index contributed by atoms with van der Waals surface area (Å²) in [6.45, 7) is -1.15. The van der Waals surface area contributed by atoms with Gasteiger partial charge in [-0.15, -0.1) is 5.10 Å². The molecule has 4 aromatic rings. The molecule has 1 amide bonds. The number of hydrogen-bond donors (Lipinski definition) is 0. The van der Waals surface area contributed by atoms with E-state index in [0.717, 1.165) is 5.56 Å². The van der Waals surface area contributed by atoms with Gasteiger partial charge in [0.05, 0.1) is 11.9 Å². The minimum atomic E-state index is -4.66. The van der Waals surface area contributed by atoms with E-state index in [4.69, 9.17) is 4.74 Å². The molecule has 1 unspecified atom stereocenters. The van der Waals surface area contributed by atoms with E-state index in [2.05, 4.69) is 15.3 Å². The van der Waals surface area contributed by atoms with E-state index in [-0.39, 0.29) is 24.1 Å². The zero-order chi connectivity index (χ0) is 26.0. The Balaban J connectivity index is 1.35. The minimum Gasteiger partial charge on any atom is -0.489 e. The van der Waals surface area contributed by atoms with Crippen molar-refractivity contribution in [1.82, 2.24) is 20.0 Å². The summed E-state index contributed by atoms with van der Waals surface area (Å²) in [7, 11) is 0. The number of benzene rings is 2. The Kier molecular flexibility index (Phi) is 6.60. The molecule has 37 heavy (non-hydrogen) atoms. The molecule has 11 heteroatoms. The van der Waals surface area contributed by atoms with Crippen molar-refractivity contribution in [2.24, 2.45) is 0 Å². The highest BCUT2D eigenvalue weighted by Gasteiger charge is 2.40. The van der Waals surface area contributed by atoms with Gasteiger partial charge in [-0.1, -0.05) is 11.3 Å². The molecule has 0 saturated heterocycles. The molecule has 1 aliphatic heterocycles. The van der Waals surface area contributed by atoms with Crippen molar-refractivity contribution in [1.29, 1.82) is 0 Å². The van der Waals surface area contributed by atoms with Gasteiger partial charge in [0, 0.05) is 23.5 Å². The molecule has 7 nitrogen and oxygen atoms in total. The standard InChI is InChI=1S/C26H21F4N5O2/c27-21-2-1-3-23-20(21)8-9-24(25(36)34(23)16-26(28,29)30)35-14-22(32-33-35)18-4-6-19(7-5-18)37-15-17-10-12-31-13-11-17/h1-7,10-14,24H,8-9,15-16H2. The third-order valence-electron chi connectivity index (χ3n) is 6.08. The number of ether oxygens (including phenoxy) is 1. The van der Waals surface area contributed by atoms with Crippen molar-refractivity contribution in [3.8, 4) is 17.0 Å². The Morgan fingerprint density at radius 3 is 2.51 bits per heavy atom. The first-order chi connectivity index (χ1) is 17.8. The number of carbonyl (C=O) groups is 1. The van der Waals surface area contributed by atoms with Gasteiger partial charge in [-0.2, -0.15) is 13.2 Å². The molecular weight excluding hydrogens is 490 g/mol. The van der Waals surface area contributed by atoms with Crippen molar-refractivity contribution in [2.75, 3.05) is 11.4 Å². The molecular formula is C26H21F4N5O2. The summed E-state index contributed by atoms with van der Waals surface area (Å²) in [6.07, 6.45) is 0.358. The Morgan fingerprint density at radius 2 is 1.78 bits per heavy atom. The summed E-state index contributed by atoms with van der Waals surface area (Å²) in [5.74, 6) is -0.837. The van der Waals surface area contributed by atoms with Gasteiger partial charge in [0.15, 0.2) is 0 Å². The van der Waals surface area contributed by atoms with E-state index < -0.39 is 30.5 Å². The molecule has 2 aromatic carbocycles. The van der Waals surface area contributed by atoms with E-state index in [0.29, 0.717) is 28.5 Å². The fourth-order valence-electron chi connectivity index (χ4n) is 4.27. The van der Waals surface area contributed by atoms with Crippen LogP contribution in [0.5, 0.6) is 5.75 Å². The van der Waals surface area contributed by atoms with Gasteiger partial charge in [0.1, 0.15) is 36.5 Å². The van der Waals surface area contributed by atoms with Crippen molar-refractivity contribution in [2.45, 2.75) is 31.7 Å². The van der Waals surface area contributed by atoms with Gasteiger partial charge in [0.2, 0.25) is 0 Å². The summed E-state index contributed by atoms with van der Waals surface area (Å²) < 4.78 is 61.5. The maximum absolute atomic E-state index is 14.5. The Bertz CT molecular complexity index is 1390. The highest BCUT2D eigenvalue weighted by atomic mass is 19.4. The van der Waals surface area contributed by atoms with E-state index in [1.165, 1.54) is 29.1 Å². The first-order valence-corrected chi connectivity index (χ1v) is 11.5. The molecule has 0 saturated carbocycles. The van der Waals surface area contributed by atoms with Crippen LogP contribution < -0.4 is 9.64 Å². The number of anilines is 1. The lowest BCUT2D eigenvalue weighted by molar-refractivity contribution is -0.134. The Hall–Kier alpha value is -4.28. The van der Waals surface area contributed by atoms with Crippen LogP contribution in [0.15, 0.2) is 73.2 Å². The maximum Gasteiger partial charge on any atom is 0.406 e. The van der Waals surface area contributed by atoms with Crippen LogP contribution in [-0.2, 0) is 17.8 Å². The summed E-state index contributed by atoms with van der Waals surface area (Å²) >= 11 is 0. The number of fused-ring (bicyclic) bond motifs is 1. The van der Waals surface area contributed by atoms with Gasteiger partial charge >= 0.3 is 6.18 Å². The van der Waals surface area contributed by atoms with Crippen molar-refractivity contribution >= 4 is 11.6 Å². The lowest BCUT2D eigenvalue weighted by Gasteiger charge is -2.26. The van der Waals surface area contributed by atoms with Crippen LogP contribution in [0.2, 0.25) is 0 Å². The first kappa shape index (κ1) is 24.4. The lowest BCUT2D eigenvalue weighted by atomic mass is 10.1. The quantitative estimate of drug-likeness (QED) is 0.335. The Morgan fingerprint density at radius 1 is 1.03 bits per heavy atom. The van der Waals surface area contributed by atoms with Crippen LogP contribution >= 0.6 is 0 Å². The fourth-order valence-corrected chi connectivity index (χ4v) is 4.27. The second-order valence-corrected chi connectivity index (χ2v) is 8.58. The third-order valence-corrected chi connectivity index (χ3v) is 6.08. The number of aromatic nitrogens is 4. The molecule has 3 heterocycles. The summed E-state index contributed by atoms with van der Waals surface area (Å²) in [5, 5.41) is 8.14. The number of nitrogens with zero attached hydrogens (tertiary/aromatic N) is 5. The number of alkyl halides is 3. The van der Waals surface area contributed by atoms with Gasteiger partial charge < -0.3 is 9.64 Å². The van der Waals surface area contributed by atoms with Crippen molar-refractivity contribution in [3.05, 3.63) is 90.1 Å². The van der Waals surface area contributed by atoms with Crippen molar-refractivity contribution in [3.63, 3.8) is 0 Å². The monoisotopic (exact) mass is 511 g/mol. The number of halogens is 4. The number of pyridine rings is 1. The molecule has 0 aliphatic carbocycles. The van der Waals surface area contributed by atoms with Gasteiger partial charge in [-0.25, -0.2) is 9.07 Å². The van der Waals surface area contributed by atoms with Crippen LogP contribution in [0.4, 0.5) is 23.2 Å². The Labute approximate surface area is 209 Å². The van der Waals surface area contributed by atoms with Gasteiger partial charge in [-0.05, 0) is 66.9 Å². The van der Waals surface area contributed by atoms with Crippen LogP contribution in [0.25, 0.3) is 11.3 Å². The highest BCUT2D eigenvalue weighted by molar-refractivity contribution is 5.97. The molecule has 5 rings (SSSR count). The number of carbonyl (C=O) groups excluding carboxylic acids is 1. The van der Waals surface area contributed by atoms with Gasteiger partial charge in [0.25, 0.3) is 5.91 Å². The third kappa shape index (κ3) is 5.45. The average Bonchev–Trinajstić information content (AvgIpc) is 3.32. The largest absolute Gasteiger partial charge is 0.489 e.